The largest absolute Gasteiger partial charge is 0.322 e. The number of pyridine rings is 1. The van der Waals surface area contributed by atoms with Crippen LogP contribution >= 0.6 is 11.6 Å². The summed E-state index contributed by atoms with van der Waals surface area (Å²) in [6.45, 7) is 1.76. The van der Waals surface area contributed by atoms with Crippen molar-refractivity contribution in [3.63, 3.8) is 0 Å². The van der Waals surface area contributed by atoms with Gasteiger partial charge in [-0.3, -0.25) is 9.78 Å². The fourth-order valence-corrected chi connectivity index (χ4v) is 2.61. The van der Waals surface area contributed by atoms with Crippen LogP contribution < -0.4 is 5.32 Å². The van der Waals surface area contributed by atoms with Gasteiger partial charge in [-0.15, -0.1) is 5.10 Å². The lowest BCUT2D eigenvalue weighted by atomic mass is 10.2. The summed E-state index contributed by atoms with van der Waals surface area (Å²) in [5.74, 6) is 0.673. The quantitative estimate of drug-likeness (QED) is 0.602. The minimum atomic E-state index is -0.278. The van der Waals surface area contributed by atoms with Crippen LogP contribution in [0.15, 0.2) is 55.0 Å². The molecule has 128 valence electrons. The summed E-state index contributed by atoms with van der Waals surface area (Å²) in [5.41, 5.74) is 2.46. The topological polar surface area (TPSA) is 85.1 Å². The van der Waals surface area contributed by atoms with Gasteiger partial charge in [0.15, 0.2) is 5.82 Å². The van der Waals surface area contributed by atoms with Crippen molar-refractivity contribution < 1.29 is 4.79 Å². The summed E-state index contributed by atoms with van der Waals surface area (Å²) in [4.78, 5) is 25.4. The third-order valence-electron chi connectivity index (χ3n) is 3.81. The van der Waals surface area contributed by atoms with E-state index in [0.29, 0.717) is 33.6 Å². The maximum absolute atomic E-state index is 12.6. The van der Waals surface area contributed by atoms with Gasteiger partial charge in [0.1, 0.15) is 0 Å². The number of fused-ring (bicyclic) bond motifs is 1. The summed E-state index contributed by atoms with van der Waals surface area (Å²) in [5, 5.41) is 7.83. The van der Waals surface area contributed by atoms with Gasteiger partial charge >= 0.3 is 0 Å². The third-order valence-corrected chi connectivity index (χ3v) is 4.06. The molecule has 0 radical (unpaired) electrons. The number of hydrogen-bond acceptors (Lipinski definition) is 5. The van der Waals surface area contributed by atoms with Gasteiger partial charge < -0.3 is 5.32 Å². The number of aryl methyl sites for hydroxylation is 1. The zero-order valence-electron chi connectivity index (χ0n) is 13.7. The van der Waals surface area contributed by atoms with Crippen LogP contribution in [0.3, 0.4) is 0 Å². The number of rotatable bonds is 3. The van der Waals surface area contributed by atoms with E-state index in [9.17, 15) is 4.79 Å². The van der Waals surface area contributed by atoms with Gasteiger partial charge in [-0.2, -0.15) is 4.98 Å². The van der Waals surface area contributed by atoms with Gasteiger partial charge in [0, 0.05) is 34.9 Å². The maximum Gasteiger partial charge on any atom is 0.259 e. The second-order valence-electron chi connectivity index (χ2n) is 5.62. The molecule has 0 saturated heterocycles. The molecule has 0 atom stereocenters. The van der Waals surface area contributed by atoms with Crippen LogP contribution in [0, 0.1) is 6.92 Å². The molecule has 7 nitrogen and oxygen atoms in total. The average molecular weight is 365 g/mol. The first-order chi connectivity index (χ1) is 12.6. The Morgan fingerprint density at radius 1 is 1.08 bits per heavy atom. The van der Waals surface area contributed by atoms with Crippen LogP contribution in [0.5, 0.6) is 0 Å². The van der Waals surface area contributed by atoms with Crippen molar-refractivity contribution in [2.24, 2.45) is 0 Å². The molecule has 3 aromatic heterocycles. The van der Waals surface area contributed by atoms with E-state index in [1.54, 1.807) is 49.8 Å². The third kappa shape index (κ3) is 3.12. The molecule has 4 aromatic rings. The summed E-state index contributed by atoms with van der Waals surface area (Å²) in [7, 11) is 0. The molecule has 0 bridgehead atoms. The molecule has 8 heteroatoms. The number of aromatic nitrogens is 5. The highest BCUT2D eigenvalue weighted by Gasteiger charge is 2.15. The van der Waals surface area contributed by atoms with E-state index in [0.717, 1.165) is 5.56 Å². The number of nitrogens with zero attached hydrogens (tertiary/aromatic N) is 5. The molecule has 0 aliphatic heterocycles. The number of carbonyl (C=O) groups excluding carboxylic acids is 1. The first kappa shape index (κ1) is 16.2. The standard InChI is InChI=1S/C18H13ClN6O/c1-11-15(17(26)22-14-4-2-13(19)3-5-14)10-25-18(21-11)23-16(24-25)12-6-8-20-9-7-12/h2-10H,1H3,(H,22,26). The van der Waals surface area contributed by atoms with Crippen LogP contribution in [-0.2, 0) is 0 Å². The highest BCUT2D eigenvalue weighted by molar-refractivity contribution is 6.30. The van der Waals surface area contributed by atoms with Gasteiger partial charge in [-0.1, -0.05) is 11.6 Å². The maximum atomic E-state index is 12.6. The lowest BCUT2D eigenvalue weighted by molar-refractivity contribution is 0.102. The average Bonchev–Trinajstić information content (AvgIpc) is 3.06. The summed E-state index contributed by atoms with van der Waals surface area (Å²) in [6, 6.07) is 10.5. The van der Waals surface area contributed by atoms with Gasteiger partial charge in [0.2, 0.25) is 0 Å². The first-order valence-corrected chi connectivity index (χ1v) is 8.19. The van der Waals surface area contributed by atoms with Crippen molar-refractivity contribution in [1.82, 2.24) is 24.6 Å². The molecule has 1 amide bonds. The Morgan fingerprint density at radius 3 is 2.54 bits per heavy atom. The molecule has 4 rings (SSSR count). The molecule has 3 heterocycles. The zero-order valence-corrected chi connectivity index (χ0v) is 14.5. The molecule has 0 saturated carbocycles. The highest BCUT2D eigenvalue weighted by Crippen LogP contribution is 2.17. The molecule has 26 heavy (non-hydrogen) atoms. The van der Waals surface area contributed by atoms with E-state index < -0.39 is 0 Å². The van der Waals surface area contributed by atoms with Crippen LogP contribution in [0.4, 0.5) is 5.69 Å². The number of carbonyl (C=O) groups is 1. The number of anilines is 1. The van der Waals surface area contributed by atoms with Crippen LogP contribution in [0.25, 0.3) is 17.2 Å². The Bertz CT molecular complexity index is 1090. The van der Waals surface area contributed by atoms with E-state index in [-0.39, 0.29) is 5.91 Å². The molecule has 1 aromatic carbocycles. The van der Waals surface area contributed by atoms with E-state index >= 15 is 0 Å². The Kier molecular flexibility index (Phi) is 4.06. The van der Waals surface area contributed by atoms with E-state index in [4.69, 9.17) is 11.6 Å². The van der Waals surface area contributed by atoms with E-state index in [2.05, 4.69) is 25.4 Å². The first-order valence-electron chi connectivity index (χ1n) is 7.81. The van der Waals surface area contributed by atoms with Crippen molar-refractivity contribution in [3.05, 3.63) is 71.3 Å². The normalized spacial score (nSPS) is 10.8. The smallest absolute Gasteiger partial charge is 0.259 e. The number of nitrogens with one attached hydrogen (secondary N) is 1. The van der Waals surface area contributed by atoms with Gasteiger partial charge in [-0.25, -0.2) is 9.50 Å². The predicted octanol–water partition coefficient (Wildman–Crippen LogP) is 3.40. The molecule has 0 spiro atoms. The highest BCUT2D eigenvalue weighted by atomic mass is 35.5. The molecule has 0 fully saturated rings. The molecule has 0 aliphatic carbocycles. The Balaban J connectivity index is 1.68. The summed E-state index contributed by atoms with van der Waals surface area (Å²) in [6.07, 6.45) is 4.97. The van der Waals surface area contributed by atoms with Crippen LogP contribution in [-0.4, -0.2) is 30.5 Å². The van der Waals surface area contributed by atoms with Crippen molar-refractivity contribution in [3.8, 4) is 11.4 Å². The summed E-state index contributed by atoms with van der Waals surface area (Å²) >= 11 is 5.86. The van der Waals surface area contributed by atoms with Gasteiger partial charge in [-0.05, 0) is 43.3 Å². The number of benzene rings is 1. The molecule has 1 N–H and O–H groups in total. The zero-order chi connectivity index (χ0) is 18.1. The van der Waals surface area contributed by atoms with Crippen molar-refractivity contribution in [2.75, 3.05) is 5.32 Å². The lowest BCUT2D eigenvalue weighted by Crippen LogP contribution is -2.15. The number of amides is 1. The van der Waals surface area contributed by atoms with Crippen LogP contribution in [0.1, 0.15) is 16.1 Å². The van der Waals surface area contributed by atoms with Crippen molar-refractivity contribution >= 4 is 29.0 Å². The van der Waals surface area contributed by atoms with Crippen molar-refractivity contribution in [2.45, 2.75) is 6.92 Å². The monoisotopic (exact) mass is 364 g/mol. The Morgan fingerprint density at radius 2 is 1.81 bits per heavy atom. The predicted molar refractivity (Wildman–Crippen MR) is 98.2 cm³/mol. The van der Waals surface area contributed by atoms with Crippen molar-refractivity contribution in [1.29, 1.82) is 0 Å². The molecular formula is C18H13ClN6O. The molecule has 0 aliphatic rings. The minimum absolute atomic E-state index is 0.278. The Hall–Kier alpha value is -3.32. The van der Waals surface area contributed by atoms with E-state index in [1.807, 2.05) is 12.1 Å². The fraction of sp³-hybridized carbons (Fsp3) is 0.0556. The van der Waals surface area contributed by atoms with Gasteiger partial charge in [0.25, 0.3) is 11.7 Å². The number of hydrogen-bond donors (Lipinski definition) is 1. The van der Waals surface area contributed by atoms with Gasteiger partial charge in [0.05, 0.1) is 11.3 Å². The molecular weight excluding hydrogens is 352 g/mol. The fourth-order valence-electron chi connectivity index (χ4n) is 2.48. The lowest BCUT2D eigenvalue weighted by Gasteiger charge is -2.07. The van der Waals surface area contributed by atoms with Crippen LogP contribution in [0.2, 0.25) is 5.02 Å². The SMILES string of the molecule is Cc1nc2nc(-c3ccncc3)nn2cc1C(=O)Nc1ccc(Cl)cc1. The minimum Gasteiger partial charge on any atom is -0.322 e. The van der Waals surface area contributed by atoms with E-state index in [1.165, 1.54) is 4.52 Å². The Labute approximate surface area is 153 Å². The second-order valence-corrected chi connectivity index (χ2v) is 6.05. The molecule has 0 unspecified atom stereocenters. The second kappa shape index (κ2) is 6.53. The number of halogens is 1. The summed E-state index contributed by atoms with van der Waals surface area (Å²) < 4.78 is 1.50.